The molecule has 1 aliphatic heterocycles. The molecule has 0 radical (unpaired) electrons. The number of benzene rings is 1. The molecule has 1 saturated heterocycles. The lowest BCUT2D eigenvalue weighted by atomic mass is 9.95. The average molecular weight is 261 g/mol. The number of rotatable bonds is 4. The van der Waals surface area contributed by atoms with Crippen molar-refractivity contribution in [2.75, 3.05) is 33.2 Å². The molecule has 2 rings (SSSR count). The van der Waals surface area contributed by atoms with Crippen molar-refractivity contribution in [2.24, 2.45) is 5.73 Å². The van der Waals surface area contributed by atoms with Gasteiger partial charge < -0.3 is 10.6 Å². The first kappa shape index (κ1) is 14.5. The van der Waals surface area contributed by atoms with Crippen molar-refractivity contribution in [1.82, 2.24) is 9.80 Å². The maximum atomic E-state index is 6.40. The van der Waals surface area contributed by atoms with Gasteiger partial charge in [0, 0.05) is 38.3 Å². The van der Waals surface area contributed by atoms with Crippen LogP contribution in [-0.2, 0) is 0 Å². The van der Waals surface area contributed by atoms with Crippen molar-refractivity contribution in [1.29, 1.82) is 0 Å². The van der Waals surface area contributed by atoms with E-state index >= 15 is 0 Å². The number of piperazine rings is 1. The molecular formula is C16H27N3. The fraction of sp³-hybridized carbons (Fsp3) is 0.625. The minimum absolute atomic E-state index is 0.214. The summed E-state index contributed by atoms with van der Waals surface area (Å²) < 4.78 is 0. The van der Waals surface area contributed by atoms with Crippen molar-refractivity contribution in [3.8, 4) is 0 Å². The number of nitrogens with two attached hydrogens (primary N) is 1. The third kappa shape index (κ3) is 3.56. The van der Waals surface area contributed by atoms with Gasteiger partial charge >= 0.3 is 0 Å². The number of nitrogens with zero attached hydrogens (tertiary/aromatic N) is 2. The van der Waals surface area contributed by atoms with Gasteiger partial charge in [-0.1, -0.05) is 36.8 Å². The molecule has 2 N–H and O–H groups in total. The van der Waals surface area contributed by atoms with E-state index in [2.05, 4.69) is 55.0 Å². The number of aryl methyl sites for hydroxylation is 1. The Bertz CT molecular complexity index is 379. The molecule has 0 bridgehead atoms. The van der Waals surface area contributed by atoms with E-state index in [1.165, 1.54) is 11.1 Å². The van der Waals surface area contributed by atoms with Crippen LogP contribution in [0, 0.1) is 6.92 Å². The molecule has 2 atom stereocenters. The summed E-state index contributed by atoms with van der Waals surface area (Å²) in [6, 6.07) is 9.45. The largest absolute Gasteiger partial charge is 0.326 e. The third-order valence-electron chi connectivity index (χ3n) is 4.23. The van der Waals surface area contributed by atoms with Gasteiger partial charge in [-0.05, 0) is 26.0 Å². The summed E-state index contributed by atoms with van der Waals surface area (Å²) in [4.78, 5) is 4.94. The van der Waals surface area contributed by atoms with Crippen LogP contribution in [0.15, 0.2) is 24.3 Å². The molecule has 0 aliphatic carbocycles. The van der Waals surface area contributed by atoms with Gasteiger partial charge in [0.1, 0.15) is 0 Å². The molecule has 2 unspecified atom stereocenters. The predicted octanol–water partition coefficient (Wildman–Crippen LogP) is 2.02. The van der Waals surface area contributed by atoms with Crippen LogP contribution < -0.4 is 5.73 Å². The lowest BCUT2D eigenvalue weighted by molar-refractivity contribution is 0.0969. The maximum absolute atomic E-state index is 6.40. The molecular weight excluding hydrogens is 234 g/mol. The Morgan fingerprint density at radius 2 is 1.68 bits per heavy atom. The second-order valence-corrected chi connectivity index (χ2v) is 5.77. The smallest absolute Gasteiger partial charge is 0.0500 e. The fourth-order valence-corrected chi connectivity index (χ4v) is 2.82. The van der Waals surface area contributed by atoms with Crippen LogP contribution in [0.5, 0.6) is 0 Å². The monoisotopic (exact) mass is 261 g/mol. The lowest BCUT2D eigenvalue weighted by Gasteiger charge is -2.40. The van der Waals surface area contributed by atoms with Gasteiger partial charge in [-0.3, -0.25) is 4.90 Å². The van der Waals surface area contributed by atoms with E-state index in [4.69, 9.17) is 5.73 Å². The highest BCUT2D eigenvalue weighted by atomic mass is 15.3. The zero-order chi connectivity index (χ0) is 13.8. The Morgan fingerprint density at radius 1 is 1.11 bits per heavy atom. The van der Waals surface area contributed by atoms with Crippen molar-refractivity contribution in [2.45, 2.75) is 32.4 Å². The second kappa shape index (κ2) is 6.51. The van der Waals surface area contributed by atoms with E-state index in [1.54, 1.807) is 0 Å². The van der Waals surface area contributed by atoms with E-state index in [0.717, 1.165) is 32.6 Å². The molecule has 1 aromatic rings. The molecule has 3 heteroatoms. The van der Waals surface area contributed by atoms with Crippen molar-refractivity contribution >= 4 is 0 Å². The highest BCUT2D eigenvalue weighted by Gasteiger charge is 2.27. The van der Waals surface area contributed by atoms with E-state index in [0.29, 0.717) is 6.04 Å². The molecule has 1 aromatic carbocycles. The molecule has 1 fully saturated rings. The normalized spacial score (nSPS) is 21.3. The van der Waals surface area contributed by atoms with Crippen molar-refractivity contribution < 1.29 is 0 Å². The Labute approximate surface area is 117 Å². The van der Waals surface area contributed by atoms with Crippen LogP contribution in [0.4, 0.5) is 0 Å². The van der Waals surface area contributed by atoms with Crippen LogP contribution in [0.25, 0.3) is 0 Å². The second-order valence-electron chi connectivity index (χ2n) is 5.77. The first-order valence-corrected chi connectivity index (χ1v) is 7.36. The van der Waals surface area contributed by atoms with E-state index in [1.807, 2.05) is 0 Å². The minimum Gasteiger partial charge on any atom is -0.326 e. The Hall–Kier alpha value is -0.900. The Kier molecular flexibility index (Phi) is 4.97. The summed E-state index contributed by atoms with van der Waals surface area (Å²) in [7, 11) is 2.19. The maximum Gasteiger partial charge on any atom is 0.0500 e. The summed E-state index contributed by atoms with van der Waals surface area (Å²) in [6.07, 6.45) is 1.02. The highest BCUT2D eigenvalue weighted by Crippen LogP contribution is 2.26. The average Bonchev–Trinajstić information content (AvgIpc) is 2.43. The standard InChI is InChI=1S/C16H27N3/c1-4-15(17)16(14-7-5-13(2)6-8-14)19-11-9-18(3)10-12-19/h5-8,15-16H,4,9-12,17H2,1-3H3. The molecule has 19 heavy (non-hydrogen) atoms. The van der Waals surface area contributed by atoms with Crippen LogP contribution in [-0.4, -0.2) is 49.1 Å². The molecule has 0 spiro atoms. The van der Waals surface area contributed by atoms with Gasteiger partial charge in [-0.15, -0.1) is 0 Å². The van der Waals surface area contributed by atoms with Gasteiger partial charge in [0.25, 0.3) is 0 Å². The molecule has 1 heterocycles. The van der Waals surface area contributed by atoms with Crippen LogP contribution >= 0.6 is 0 Å². The summed E-state index contributed by atoms with van der Waals surface area (Å²) in [5.41, 5.74) is 9.07. The van der Waals surface area contributed by atoms with Crippen molar-refractivity contribution in [3.05, 3.63) is 35.4 Å². The lowest BCUT2D eigenvalue weighted by Crippen LogP contribution is -2.50. The zero-order valence-corrected chi connectivity index (χ0v) is 12.5. The fourth-order valence-electron chi connectivity index (χ4n) is 2.82. The molecule has 1 aliphatic rings. The predicted molar refractivity (Wildman–Crippen MR) is 81.3 cm³/mol. The minimum atomic E-state index is 0.214. The van der Waals surface area contributed by atoms with Gasteiger partial charge in [0.05, 0.1) is 0 Å². The van der Waals surface area contributed by atoms with Gasteiger partial charge in [-0.25, -0.2) is 0 Å². The van der Waals surface area contributed by atoms with Gasteiger partial charge in [0.2, 0.25) is 0 Å². The number of likely N-dealkylation sites (N-methyl/N-ethyl adjacent to an activating group) is 1. The molecule has 0 saturated carbocycles. The first-order valence-electron chi connectivity index (χ1n) is 7.36. The highest BCUT2D eigenvalue weighted by molar-refractivity contribution is 5.25. The molecule has 106 valence electrons. The molecule has 3 nitrogen and oxygen atoms in total. The molecule has 0 amide bonds. The zero-order valence-electron chi connectivity index (χ0n) is 12.5. The Morgan fingerprint density at radius 3 is 2.21 bits per heavy atom. The number of hydrogen-bond donors (Lipinski definition) is 1. The Balaban J connectivity index is 2.18. The summed E-state index contributed by atoms with van der Waals surface area (Å²) in [6.45, 7) is 8.82. The SMILES string of the molecule is CCC(N)C(c1ccc(C)cc1)N1CCN(C)CC1. The summed E-state index contributed by atoms with van der Waals surface area (Å²) in [5.74, 6) is 0. The quantitative estimate of drug-likeness (QED) is 0.900. The van der Waals surface area contributed by atoms with E-state index in [9.17, 15) is 0 Å². The van der Waals surface area contributed by atoms with Crippen molar-refractivity contribution in [3.63, 3.8) is 0 Å². The van der Waals surface area contributed by atoms with Gasteiger partial charge in [0.15, 0.2) is 0 Å². The number of hydrogen-bond acceptors (Lipinski definition) is 3. The summed E-state index contributed by atoms with van der Waals surface area (Å²) >= 11 is 0. The molecule has 0 aromatic heterocycles. The first-order chi connectivity index (χ1) is 9.11. The van der Waals surface area contributed by atoms with Gasteiger partial charge in [-0.2, -0.15) is 0 Å². The van der Waals surface area contributed by atoms with E-state index < -0.39 is 0 Å². The van der Waals surface area contributed by atoms with Crippen LogP contribution in [0.3, 0.4) is 0 Å². The summed E-state index contributed by atoms with van der Waals surface area (Å²) in [5, 5.41) is 0. The van der Waals surface area contributed by atoms with Crippen LogP contribution in [0.2, 0.25) is 0 Å². The van der Waals surface area contributed by atoms with Crippen LogP contribution in [0.1, 0.15) is 30.5 Å². The van der Waals surface area contributed by atoms with E-state index in [-0.39, 0.29) is 6.04 Å². The third-order valence-corrected chi connectivity index (χ3v) is 4.23. The topological polar surface area (TPSA) is 32.5 Å².